The van der Waals surface area contributed by atoms with Crippen LogP contribution in [0.1, 0.15) is 40.3 Å². The van der Waals surface area contributed by atoms with Gasteiger partial charge >= 0.3 is 0 Å². The lowest BCUT2D eigenvalue weighted by Crippen LogP contribution is -2.29. The fraction of sp³-hybridized carbons (Fsp3) is 0.185. The van der Waals surface area contributed by atoms with Crippen LogP contribution in [-0.2, 0) is 0 Å². The summed E-state index contributed by atoms with van der Waals surface area (Å²) in [6.07, 6.45) is 1.80. The molecular formula is C27H25FN4S. The first-order chi connectivity index (χ1) is 16.0. The lowest BCUT2D eigenvalue weighted by atomic mass is 9.96. The molecule has 3 heterocycles. The summed E-state index contributed by atoms with van der Waals surface area (Å²) in [7, 11) is 0. The molecule has 1 aliphatic rings. The van der Waals surface area contributed by atoms with Gasteiger partial charge in [-0.2, -0.15) is 0 Å². The first kappa shape index (κ1) is 21.3. The first-order valence-corrected chi connectivity index (χ1v) is 11.4. The highest BCUT2D eigenvalue weighted by Crippen LogP contribution is 2.43. The molecule has 0 bridgehead atoms. The second kappa shape index (κ2) is 8.45. The fourth-order valence-corrected chi connectivity index (χ4v) is 5.09. The molecule has 0 saturated carbocycles. The van der Waals surface area contributed by atoms with Gasteiger partial charge in [0.15, 0.2) is 5.11 Å². The van der Waals surface area contributed by atoms with Gasteiger partial charge in [-0.3, -0.25) is 4.98 Å². The Hall–Kier alpha value is -3.51. The average Bonchev–Trinajstić information content (AvgIpc) is 3.31. The molecule has 0 amide bonds. The number of nitrogens with zero attached hydrogens (tertiary/aromatic N) is 3. The van der Waals surface area contributed by atoms with E-state index >= 15 is 0 Å². The zero-order chi connectivity index (χ0) is 23.1. The minimum absolute atomic E-state index is 0.137. The maximum Gasteiger partial charge on any atom is 0.174 e. The van der Waals surface area contributed by atoms with Crippen molar-refractivity contribution in [2.75, 3.05) is 4.90 Å². The van der Waals surface area contributed by atoms with Crippen LogP contribution >= 0.6 is 12.2 Å². The Bertz CT molecular complexity index is 1310. The number of nitrogens with one attached hydrogen (secondary N) is 1. The van der Waals surface area contributed by atoms with E-state index in [4.69, 9.17) is 12.2 Å². The van der Waals surface area contributed by atoms with Crippen molar-refractivity contribution in [2.24, 2.45) is 0 Å². The standard InChI is InChI=1S/C27H25FN4S/c1-17-11-13-20(14-12-17)32-26(25(30-27(32)33)23-9-6-7-15-29-23)21-16-18(2)31(19(21)3)24-10-5-4-8-22(24)28/h4-16,25-26H,1-3H3,(H,30,33)/t25-,26+/m0/s1. The van der Waals surface area contributed by atoms with Gasteiger partial charge in [-0.05, 0) is 81.0 Å². The molecule has 0 unspecified atom stereocenters. The molecule has 166 valence electrons. The van der Waals surface area contributed by atoms with Crippen molar-refractivity contribution in [3.8, 4) is 5.69 Å². The van der Waals surface area contributed by atoms with Crippen LogP contribution in [-0.4, -0.2) is 14.7 Å². The summed E-state index contributed by atoms with van der Waals surface area (Å²) >= 11 is 5.83. The summed E-state index contributed by atoms with van der Waals surface area (Å²) in [6, 6.07) is 23.0. The average molecular weight is 457 g/mol. The third-order valence-electron chi connectivity index (χ3n) is 6.29. The molecule has 0 radical (unpaired) electrons. The number of anilines is 1. The zero-order valence-electron chi connectivity index (χ0n) is 18.8. The number of halogens is 1. The number of aryl methyl sites for hydroxylation is 2. The van der Waals surface area contributed by atoms with Crippen molar-refractivity contribution >= 4 is 23.0 Å². The van der Waals surface area contributed by atoms with E-state index in [9.17, 15) is 4.39 Å². The Morgan fingerprint density at radius 1 is 0.939 bits per heavy atom. The van der Waals surface area contributed by atoms with Gasteiger partial charge in [0.2, 0.25) is 0 Å². The predicted octanol–water partition coefficient (Wildman–Crippen LogP) is 6.11. The van der Waals surface area contributed by atoms with Crippen LogP contribution in [0.2, 0.25) is 0 Å². The number of rotatable bonds is 4. The maximum absolute atomic E-state index is 14.7. The van der Waals surface area contributed by atoms with Crippen LogP contribution in [0.15, 0.2) is 79.0 Å². The molecule has 2 aromatic carbocycles. The topological polar surface area (TPSA) is 33.1 Å². The molecular weight excluding hydrogens is 431 g/mol. The van der Waals surface area contributed by atoms with Crippen LogP contribution in [0.25, 0.3) is 5.69 Å². The number of benzene rings is 2. The molecule has 4 aromatic rings. The summed E-state index contributed by atoms with van der Waals surface area (Å²) in [6.45, 7) is 6.12. The third kappa shape index (κ3) is 3.70. The van der Waals surface area contributed by atoms with Gasteiger partial charge in [0.25, 0.3) is 0 Å². The molecule has 4 nitrogen and oxygen atoms in total. The quantitative estimate of drug-likeness (QED) is 0.376. The van der Waals surface area contributed by atoms with Gasteiger partial charge in [0.1, 0.15) is 5.82 Å². The summed E-state index contributed by atoms with van der Waals surface area (Å²) in [5, 5.41) is 4.15. The first-order valence-electron chi connectivity index (χ1n) is 11.0. The molecule has 1 N–H and O–H groups in total. The number of thiocarbonyl (C=S) groups is 1. The SMILES string of the molecule is Cc1ccc(N2C(=S)N[C@@H](c3ccccn3)[C@H]2c2cc(C)n(-c3ccccc3F)c2C)cc1. The summed E-state index contributed by atoms with van der Waals surface area (Å²) in [5.74, 6) is -0.248. The third-order valence-corrected chi connectivity index (χ3v) is 6.61. The van der Waals surface area contributed by atoms with E-state index in [1.165, 1.54) is 11.6 Å². The van der Waals surface area contributed by atoms with Crippen LogP contribution in [0, 0.1) is 26.6 Å². The normalized spacial score (nSPS) is 17.9. The summed E-state index contributed by atoms with van der Waals surface area (Å²) < 4.78 is 16.7. The van der Waals surface area contributed by atoms with Gasteiger partial charge in [-0.25, -0.2) is 4.39 Å². The van der Waals surface area contributed by atoms with Crippen molar-refractivity contribution in [1.82, 2.24) is 14.9 Å². The molecule has 0 aliphatic carbocycles. The van der Waals surface area contributed by atoms with Gasteiger partial charge in [0.05, 0.1) is 23.5 Å². The molecule has 6 heteroatoms. The Balaban J connectivity index is 1.69. The molecule has 5 rings (SSSR count). The van der Waals surface area contributed by atoms with Crippen LogP contribution in [0.4, 0.5) is 10.1 Å². The van der Waals surface area contributed by atoms with Crippen LogP contribution in [0.5, 0.6) is 0 Å². The molecule has 33 heavy (non-hydrogen) atoms. The van der Waals surface area contributed by atoms with Gasteiger partial charge in [-0.15, -0.1) is 0 Å². The van der Waals surface area contributed by atoms with Crippen molar-refractivity contribution in [3.05, 3.63) is 113 Å². The molecule has 1 fully saturated rings. The van der Waals surface area contributed by atoms with E-state index in [-0.39, 0.29) is 17.9 Å². The van der Waals surface area contributed by atoms with E-state index in [0.29, 0.717) is 10.8 Å². The molecule has 2 atom stereocenters. The number of hydrogen-bond donors (Lipinski definition) is 1. The highest BCUT2D eigenvalue weighted by molar-refractivity contribution is 7.80. The number of para-hydroxylation sites is 1. The molecule has 2 aromatic heterocycles. The number of hydrogen-bond acceptors (Lipinski definition) is 2. The Morgan fingerprint density at radius 2 is 1.67 bits per heavy atom. The smallest absolute Gasteiger partial charge is 0.174 e. The number of pyridine rings is 1. The van der Waals surface area contributed by atoms with Crippen molar-refractivity contribution in [3.63, 3.8) is 0 Å². The van der Waals surface area contributed by atoms with Crippen LogP contribution in [0.3, 0.4) is 0 Å². The fourth-order valence-electron chi connectivity index (χ4n) is 4.75. The lowest BCUT2D eigenvalue weighted by Gasteiger charge is -2.28. The van der Waals surface area contributed by atoms with Crippen molar-refractivity contribution < 1.29 is 4.39 Å². The largest absolute Gasteiger partial charge is 0.351 e. The van der Waals surface area contributed by atoms with Crippen molar-refractivity contribution in [2.45, 2.75) is 32.9 Å². The van der Waals surface area contributed by atoms with Crippen LogP contribution < -0.4 is 10.2 Å². The summed E-state index contributed by atoms with van der Waals surface area (Å²) in [4.78, 5) is 6.78. The summed E-state index contributed by atoms with van der Waals surface area (Å²) in [5.41, 5.74) is 6.68. The Kier molecular flexibility index (Phi) is 5.46. The van der Waals surface area contributed by atoms with E-state index in [2.05, 4.69) is 52.5 Å². The highest BCUT2D eigenvalue weighted by Gasteiger charge is 2.42. The monoisotopic (exact) mass is 456 g/mol. The van der Waals surface area contributed by atoms with E-state index in [1.54, 1.807) is 12.3 Å². The van der Waals surface area contributed by atoms with Crippen molar-refractivity contribution in [1.29, 1.82) is 0 Å². The highest BCUT2D eigenvalue weighted by atomic mass is 32.1. The van der Waals surface area contributed by atoms with E-state index in [0.717, 1.165) is 28.3 Å². The molecule has 0 spiro atoms. The second-order valence-corrected chi connectivity index (χ2v) is 8.83. The van der Waals surface area contributed by atoms with Gasteiger partial charge in [0, 0.05) is 23.3 Å². The van der Waals surface area contributed by atoms with E-state index < -0.39 is 0 Å². The van der Waals surface area contributed by atoms with Gasteiger partial charge in [-0.1, -0.05) is 35.9 Å². The maximum atomic E-state index is 14.7. The zero-order valence-corrected chi connectivity index (χ0v) is 19.6. The lowest BCUT2D eigenvalue weighted by molar-refractivity contribution is 0.564. The Morgan fingerprint density at radius 3 is 2.36 bits per heavy atom. The van der Waals surface area contributed by atoms with E-state index in [1.807, 2.05) is 48.7 Å². The molecule has 1 saturated heterocycles. The minimum atomic E-state index is -0.248. The second-order valence-electron chi connectivity index (χ2n) is 8.45. The predicted molar refractivity (Wildman–Crippen MR) is 134 cm³/mol. The Labute approximate surface area is 198 Å². The molecule has 1 aliphatic heterocycles. The number of aromatic nitrogens is 2. The van der Waals surface area contributed by atoms with Gasteiger partial charge < -0.3 is 14.8 Å². The minimum Gasteiger partial charge on any atom is -0.351 e.